The van der Waals surface area contributed by atoms with Gasteiger partial charge in [0, 0.05) is 12.8 Å². The summed E-state index contributed by atoms with van der Waals surface area (Å²) < 4.78 is 30.6. The second kappa shape index (κ2) is 50.5. The first-order valence-electron chi connectivity index (χ1n) is 29.5. The predicted molar refractivity (Wildman–Crippen MR) is 300 cm³/mol. The van der Waals surface area contributed by atoms with E-state index in [1.54, 1.807) is 0 Å². The van der Waals surface area contributed by atoms with Crippen LogP contribution in [0.1, 0.15) is 271 Å². The maximum Gasteiger partial charge on any atom is 0.472 e. The van der Waals surface area contributed by atoms with E-state index in [0.29, 0.717) is 23.9 Å². The van der Waals surface area contributed by atoms with Crippen LogP contribution >= 0.6 is 7.82 Å². The highest BCUT2D eigenvalue weighted by Crippen LogP contribution is 2.43. The molecule has 2 N–H and O–H groups in total. The zero-order valence-corrected chi connectivity index (χ0v) is 47.7. The van der Waals surface area contributed by atoms with Crippen molar-refractivity contribution >= 4 is 19.7 Å². The summed E-state index contributed by atoms with van der Waals surface area (Å²) in [5.41, 5.74) is 0. The fraction of sp³-hybridized carbons (Fsp3) is 0.833. The first kappa shape index (κ1) is 68.0. The Morgan fingerprint density at radius 1 is 0.500 bits per heavy atom. The molecule has 3 atom stereocenters. The Morgan fingerprint density at radius 2 is 0.871 bits per heavy atom. The molecule has 10 heteroatoms. The number of ether oxygens (including phenoxy) is 1. The van der Waals surface area contributed by atoms with Gasteiger partial charge < -0.3 is 19.4 Å². The number of quaternary nitrogens is 1. The number of amides is 1. The second-order valence-electron chi connectivity index (χ2n) is 21.2. The van der Waals surface area contributed by atoms with Crippen LogP contribution in [-0.2, 0) is 27.9 Å². The predicted octanol–water partition coefficient (Wildman–Crippen LogP) is 17.7. The van der Waals surface area contributed by atoms with E-state index in [0.717, 1.165) is 83.5 Å². The fourth-order valence-corrected chi connectivity index (χ4v) is 9.15. The monoisotopic (exact) mass is 1010 g/mol. The molecule has 70 heavy (non-hydrogen) atoms. The molecular formula is C60H114N2O7P+. The molecule has 0 aromatic rings. The van der Waals surface area contributed by atoms with Crippen molar-refractivity contribution < 1.29 is 37.3 Å². The number of phosphoric ester groups is 1. The summed E-state index contributed by atoms with van der Waals surface area (Å²) in [6.45, 7) is 6.98. The van der Waals surface area contributed by atoms with E-state index < -0.39 is 20.0 Å². The molecule has 0 aliphatic carbocycles. The van der Waals surface area contributed by atoms with Crippen molar-refractivity contribution in [2.75, 3.05) is 40.9 Å². The lowest BCUT2D eigenvalue weighted by Crippen LogP contribution is -2.47. The van der Waals surface area contributed by atoms with Crippen molar-refractivity contribution in [2.45, 2.75) is 283 Å². The molecule has 0 aromatic carbocycles. The standard InChI is InChI=1S/C60H113N2O7P/c1-7-10-13-16-19-22-25-27-29-30-31-32-33-34-37-40-43-46-49-52-59(63)61-57(56-68-70(65,66)67-55-54-62(4,5)6)58(51-48-45-42-39-36-24-21-18-15-12-9-3)69-60(64)53-50-47-44-41-38-35-28-26-23-20-17-14-11-8-2/h19,22,27,29,31-32,48,51,57-58H,7-18,20-21,23-26,28,30,33-47,49-50,52-56H2,1-6H3,(H-,61,63,65,66)/p+1/b22-19-,29-27-,32-31-,51-48-. The number of nitrogens with one attached hydrogen (secondary N) is 1. The first-order valence-corrected chi connectivity index (χ1v) is 31.0. The molecule has 0 aliphatic rings. The van der Waals surface area contributed by atoms with Gasteiger partial charge in [-0.15, -0.1) is 0 Å². The van der Waals surface area contributed by atoms with Gasteiger partial charge in [0.1, 0.15) is 19.3 Å². The summed E-state index contributed by atoms with van der Waals surface area (Å²) in [4.78, 5) is 37.6. The molecule has 0 heterocycles. The molecule has 0 aliphatic heterocycles. The molecule has 3 unspecified atom stereocenters. The molecule has 0 spiro atoms. The molecule has 1 amide bonds. The lowest BCUT2D eigenvalue weighted by Gasteiger charge is -2.27. The van der Waals surface area contributed by atoms with Gasteiger partial charge in [0.2, 0.25) is 5.91 Å². The van der Waals surface area contributed by atoms with Gasteiger partial charge >= 0.3 is 13.8 Å². The van der Waals surface area contributed by atoms with E-state index in [9.17, 15) is 19.0 Å². The average Bonchev–Trinajstić information content (AvgIpc) is 3.32. The van der Waals surface area contributed by atoms with Crippen molar-refractivity contribution in [3.05, 3.63) is 48.6 Å². The maximum atomic E-state index is 13.5. The normalized spacial score (nSPS) is 14.1. The molecule has 0 radical (unpaired) electrons. The summed E-state index contributed by atoms with van der Waals surface area (Å²) in [7, 11) is 1.49. The van der Waals surface area contributed by atoms with Gasteiger partial charge in [-0.05, 0) is 70.3 Å². The first-order chi connectivity index (χ1) is 33.9. The summed E-state index contributed by atoms with van der Waals surface area (Å²) in [6.07, 6.45) is 61.0. The molecule has 0 fully saturated rings. The molecule has 410 valence electrons. The van der Waals surface area contributed by atoms with Crippen molar-refractivity contribution in [1.82, 2.24) is 5.32 Å². The van der Waals surface area contributed by atoms with E-state index in [1.807, 2.05) is 33.3 Å². The summed E-state index contributed by atoms with van der Waals surface area (Å²) in [5, 5.41) is 3.04. The van der Waals surface area contributed by atoms with Crippen molar-refractivity contribution in [1.29, 1.82) is 0 Å². The van der Waals surface area contributed by atoms with Crippen LogP contribution in [-0.4, -0.2) is 74.3 Å². The maximum absolute atomic E-state index is 13.5. The van der Waals surface area contributed by atoms with Crippen molar-refractivity contribution in [2.24, 2.45) is 0 Å². The third-order valence-corrected chi connectivity index (χ3v) is 14.0. The van der Waals surface area contributed by atoms with Gasteiger partial charge in [0.25, 0.3) is 0 Å². The van der Waals surface area contributed by atoms with E-state index in [4.69, 9.17) is 13.8 Å². The lowest BCUT2D eigenvalue weighted by molar-refractivity contribution is -0.870. The molecule has 0 aromatic heterocycles. The number of likely N-dealkylation sites (N-methyl/N-ethyl adjacent to an activating group) is 1. The van der Waals surface area contributed by atoms with E-state index in [2.05, 4.69) is 62.5 Å². The highest BCUT2D eigenvalue weighted by Gasteiger charge is 2.30. The molecule has 0 saturated carbocycles. The minimum absolute atomic E-state index is 0.0381. The van der Waals surface area contributed by atoms with Crippen molar-refractivity contribution in [3.63, 3.8) is 0 Å². The van der Waals surface area contributed by atoms with Crippen LogP contribution in [0, 0.1) is 0 Å². The minimum Gasteiger partial charge on any atom is -0.456 e. The van der Waals surface area contributed by atoms with E-state index >= 15 is 0 Å². The zero-order chi connectivity index (χ0) is 51.5. The topological polar surface area (TPSA) is 111 Å². The molecule has 0 bridgehead atoms. The third-order valence-electron chi connectivity index (χ3n) is 13.0. The van der Waals surface area contributed by atoms with Crippen LogP contribution < -0.4 is 5.32 Å². The Morgan fingerprint density at radius 3 is 1.33 bits per heavy atom. The number of nitrogens with zero attached hydrogens (tertiary/aromatic N) is 1. The number of esters is 1. The lowest BCUT2D eigenvalue weighted by atomic mass is 10.0. The van der Waals surface area contributed by atoms with Gasteiger partial charge in [0.05, 0.1) is 33.8 Å². The Labute approximate surface area is 433 Å². The zero-order valence-electron chi connectivity index (χ0n) is 46.8. The van der Waals surface area contributed by atoms with E-state index in [1.165, 1.54) is 154 Å². The van der Waals surface area contributed by atoms with Crippen LogP contribution in [0.4, 0.5) is 0 Å². The largest absolute Gasteiger partial charge is 0.472 e. The quantitative estimate of drug-likeness (QED) is 0.0205. The number of rotatable bonds is 53. The van der Waals surface area contributed by atoms with Gasteiger partial charge in [0.15, 0.2) is 0 Å². The Hall–Kier alpha value is -2.03. The van der Waals surface area contributed by atoms with Gasteiger partial charge in [-0.25, -0.2) is 4.57 Å². The number of carbonyl (C=O) groups excluding carboxylic acids is 2. The SMILES string of the molecule is CCCCC/C=C\C/C=C\C/C=C\CCCCCCCCC(=O)NC(COP(=O)(O)OCC[N+](C)(C)C)C(/C=C\CCCCCCCCCCC)OC(=O)CCCCCCCCCCCCCCCC. The molecule has 0 rings (SSSR count). The number of hydrogen-bond donors (Lipinski definition) is 2. The Balaban J connectivity index is 5.29. The number of hydrogen-bond acceptors (Lipinski definition) is 6. The summed E-state index contributed by atoms with van der Waals surface area (Å²) >= 11 is 0. The van der Waals surface area contributed by atoms with Crippen molar-refractivity contribution in [3.8, 4) is 0 Å². The second-order valence-corrected chi connectivity index (χ2v) is 22.6. The van der Waals surface area contributed by atoms with Gasteiger partial charge in [-0.2, -0.15) is 0 Å². The Kier molecular flexibility index (Phi) is 49.0. The summed E-state index contributed by atoms with van der Waals surface area (Å²) in [5.74, 6) is -0.513. The van der Waals surface area contributed by atoms with Crippen LogP contribution in [0.5, 0.6) is 0 Å². The number of unbranched alkanes of at least 4 members (excludes halogenated alkanes) is 31. The molecule has 0 saturated heterocycles. The number of allylic oxidation sites excluding steroid dienone is 7. The average molecular weight is 1010 g/mol. The number of phosphoric acid groups is 1. The third kappa shape index (κ3) is 50.9. The minimum atomic E-state index is -4.44. The highest BCUT2D eigenvalue weighted by atomic mass is 31.2. The smallest absolute Gasteiger partial charge is 0.456 e. The van der Waals surface area contributed by atoms with Crippen LogP contribution in [0.25, 0.3) is 0 Å². The fourth-order valence-electron chi connectivity index (χ4n) is 8.42. The molecule has 9 nitrogen and oxygen atoms in total. The Bertz CT molecular complexity index is 1340. The van der Waals surface area contributed by atoms with Crippen LogP contribution in [0.3, 0.4) is 0 Å². The highest BCUT2D eigenvalue weighted by molar-refractivity contribution is 7.47. The van der Waals surface area contributed by atoms with Crippen LogP contribution in [0.15, 0.2) is 48.6 Å². The van der Waals surface area contributed by atoms with E-state index in [-0.39, 0.29) is 25.1 Å². The van der Waals surface area contributed by atoms with Gasteiger partial charge in [-0.1, -0.05) is 237 Å². The van der Waals surface area contributed by atoms with Gasteiger partial charge in [-0.3, -0.25) is 18.6 Å². The number of carbonyl (C=O) groups is 2. The van der Waals surface area contributed by atoms with Crippen LogP contribution in [0.2, 0.25) is 0 Å². The summed E-state index contributed by atoms with van der Waals surface area (Å²) in [6, 6.07) is -0.852. The molecular weight excluding hydrogens is 892 g/mol.